The molecule has 0 rings (SSSR count). The van der Waals surface area contributed by atoms with E-state index in [1.807, 2.05) is 0 Å². The third-order valence-electron chi connectivity index (χ3n) is 3.28. The van der Waals surface area contributed by atoms with Gasteiger partial charge >= 0.3 is 23.1 Å². The predicted molar refractivity (Wildman–Crippen MR) is 83.3 cm³/mol. The summed E-state index contributed by atoms with van der Waals surface area (Å²) in [6.45, 7) is 6.51. The fourth-order valence-electron chi connectivity index (χ4n) is 2.07. The Morgan fingerprint density at radius 3 is 1.15 bits per heavy atom. The third-order valence-corrected chi connectivity index (χ3v) is 3.28. The summed E-state index contributed by atoms with van der Waals surface area (Å²) in [5.74, 6) is 0. The normalized spacial score (nSPS) is 9.30. The minimum atomic E-state index is 0. The second-order valence-corrected chi connectivity index (χ2v) is 5.15. The van der Waals surface area contributed by atoms with Gasteiger partial charge in [-0.1, -0.05) is 78.1 Å². The summed E-state index contributed by atoms with van der Waals surface area (Å²) in [6.07, 6.45) is 16.3. The first kappa shape index (κ1) is 29.7. The Bertz CT molecular complexity index is 124. The Hall–Kier alpha value is 1.69. The topological polar surface area (TPSA) is 9.23 Å². The summed E-state index contributed by atoms with van der Waals surface area (Å²) < 4.78 is 5.65. The minimum Gasteiger partial charge on any atom is -1.00 e. The van der Waals surface area contributed by atoms with Gasteiger partial charge in [-0.25, -0.2) is 0 Å². The molecule has 0 aromatic heterocycles. The zero-order valence-electron chi connectivity index (χ0n) is 13.8. The Morgan fingerprint density at radius 1 is 0.500 bits per heavy atom. The van der Waals surface area contributed by atoms with Crippen LogP contribution >= 0.6 is 0 Å². The first-order valence-corrected chi connectivity index (χ1v) is 7.99. The monoisotopic (exact) mass is 424 g/mol. The maximum absolute atomic E-state index is 5.65. The summed E-state index contributed by atoms with van der Waals surface area (Å²) in [5.41, 5.74) is 0. The van der Waals surface area contributed by atoms with E-state index in [4.69, 9.17) is 4.74 Å². The van der Waals surface area contributed by atoms with Gasteiger partial charge < -0.3 is 38.7 Å². The molecule has 0 bridgehead atoms. The number of unbranched alkanes of at least 4 members (excludes halogenated alkanes) is 10. The van der Waals surface area contributed by atoms with E-state index in [-0.39, 0.29) is 57.0 Å². The van der Waals surface area contributed by atoms with Crippen LogP contribution in [-0.2, 0) is 4.74 Å². The molecule has 0 fully saturated rings. The van der Waals surface area contributed by atoms with Gasteiger partial charge in [-0.05, 0) is 12.8 Å². The summed E-state index contributed by atoms with van der Waals surface area (Å²) in [7, 11) is 0. The number of hydrogen-bond donors (Lipinski definition) is 0. The molecule has 120 valence electrons. The summed E-state index contributed by atoms with van der Waals surface area (Å²) in [6, 6.07) is 0. The molecule has 0 atom stereocenters. The van der Waals surface area contributed by atoms with Crippen LogP contribution in [0.2, 0.25) is 0 Å². The smallest absolute Gasteiger partial charge is 1.00 e. The molecule has 0 aliphatic heterocycles. The van der Waals surface area contributed by atoms with E-state index in [1.165, 1.54) is 77.0 Å². The van der Waals surface area contributed by atoms with Crippen molar-refractivity contribution in [2.45, 2.75) is 90.9 Å². The van der Waals surface area contributed by atoms with Gasteiger partial charge in [0.15, 0.2) is 0 Å². The largest absolute Gasteiger partial charge is 2.00 e. The molecule has 0 aromatic rings. The van der Waals surface area contributed by atoms with Gasteiger partial charge in [0.2, 0.25) is 0 Å². The summed E-state index contributed by atoms with van der Waals surface area (Å²) in [5, 5.41) is 0. The summed E-state index contributed by atoms with van der Waals surface area (Å²) in [4.78, 5) is 0. The average molecular weight is 427 g/mol. The number of halogens is 2. The average Bonchev–Trinajstić information content (AvgIpc) is 2.35. The van der Waals surface area contributed by atoms with Gasteiger partial charge in [0, 0.05) is 13.2 Å². The Kier molecular flexibility index (Phi) is 42.7. The molecule has 0 aliphatic carbocycles. The molecule has 0 unspecified atom stereocenters. The Morgan fingerprint density at radius 2 is 0.800 bits per heavy atom. The molecule has 0 spiro atoms. The van der Waals surface area contributed by atoms with Crippen LogP contribution in [-0.4, -0.2) is 36.3 Å². The maximum atomic E-state index is 5.65. The van der Waals surface area contributed by atoms with E-state index >= 15 is 0 Å². The van der Waals surface area contributed by atoms with E-state index in [0.29, 0.717) is 0 Å². The Labute approximate surface area is 165 Å². The quantitative estimate of drug-likeness (QED) is 0.265. The predicted octanol–water partition coefficient (Wildman–Crippen LogP) is -0.649. The molecule has 0 heterocycles. The van der Waals surface area contributed by atoms with E-state index in [0.717, 1.165) is 13.2 Å². The van der Waals surface area contributed by atoms with Crippen molar-refractivity contribution in [2.75, 3.05) is 13.2 Å². The SMILES string of the molecule is CCCCCCCCOCCCCCCCC.[Br-].[Br-].[Mg+2]. The van der Waals surface area contributed by atoms with Crippen molar-refractivity contribution >= 4 is 23.1 Å². The molecule has 0 radical (unpaired) electrons. The van der Waals surface area contributed by atoms with Gasteiger partial charge in [-0.3, -0.25) is 0 Å². The Balaban J connectivity index is -0.000000427. The van der Waals surface area contributed by atoms with E-state index in [1.54, 1.807) is 0 Å². The molecule has 0 N–H and O–H groups in total. The molecule has 20 heavy (non-hydrogen) atoms. The first-order valence-electron chi connectivity index (χ1n) is 7.99. The van der Waals surface area contributed by atoms with Crippen LogP contribution in [0, 0.1) is 0 Å². The van der Waals surface area contributed by atoms with Gasteiger partial charge in [0.1, 0.15) is 0 Å². The zero-order chi connectivity index (χ0) is 12.6. The molecule has 4 heteroatoms. The van der Waals surface area contributed by atoms with Crippen molar-refractivity contribution in [3.63, 3.8) is 0 Å². The number of hydrogen-bond acceptors (Lipinski definition) is 1. The molecule has 0 aliphatic rings. The zero-order valence-corrected chi connectivity index (χ0v) is 18.4. The molecular weight excluding hydrogens is 392 g/mol. The van der Waals surface area contributed by atoms with E-state index in [2.05, 4.69) is 13.8 Å². The fraction of sp³-hybridized carbons (Fsp3) is 1.00. The third kappa shape index (κ3) is 27.9. The standard InChI is InChI=1S/C16H34O.2BrH.Mg/c1-3-5-7-9-11-13-15-17-16-14-12-10-8-6-4-2;;;/h3-16H2,1-2H3;2*1H;/q;;;+2/p-2. The van der Waals surface area contributed by atoms with Gasteiger partial charge in [0.25, 0.3) is 0 Å². The van der Waals surface area contributed by atoms with Crippen molar-refractivity contribution in [3.05, 3.63) is 0 Å². The molecule has 0 saturated heterocycles. The van der Waals surface area contributed by atoms with Crippen molar-refractivity contribution in [3.8, 4) is 0 Å². The van der Waals surface area contributed by atoms with Crippen LogP contribution in [0.5, 0.6) is 0 Å². The summed E-state index contributed by atoms with van der Waals surface area (Å²) >= 11 is 0. The molecular formula is C16H34Br2MgO. The molecule has 0 saturated carbocycles. The maximum Gasteiger partial charge on any atom is 2.00 e. The van der Waals surface area contributed by atoms with Crippen LogP contribution in [0.4, 0.5) is 0 Å². The van der Waals surface area contributed by atoms with Gasteiger partial charge in [0.05, 0.1) is 0 Å². The van der Waals surface area contributed by atoms with Crippen molar-refractivity contribution in [1.82, 2.24) is 0 Å². The van der Waals surface area contributed by atoms with Crippen molar-refractivity contribution < 1.29 is 38.7 Å². The van der Waals surface area contributed by atoms with E-state index < -0.39 is 0 Å². The van der Waals surface area contributed by atoms with Crippen molar-refractivity contribution in [2.24, 2.45) is 0 Å². The van der Waals surface area contributed by atoms with Crippen LogP contribution in [0.25, 0.3) is 0 Å². The minimum absolute atomic E-state index is 0. The first-order chi connectivity index (χ1) is 8.41. The van der Waals surface area contributed by atoms with E-state index in [9.17, 15) is 0 Å². The van der Waals surface area contributed by atoms with Gasteiger partial charge in [-0.15, -0.1) is 0 Å². The molecule has 0 aromatic carbocycles. The van der Waals surface area contributed by atoms with Crippen LogP contribution in [0.15, 0.2) is 0 Å². The molecule has 1 nitrogen and oxygen atoms in total. The number of ether oxygens (including phenoxy) is 1. The molecule has 0 amide bonds. The van der Waals surface area contributed by atoms with Gasteiger partial charge in [-0.2, -0.15) is 0 Å². The second kappa shape index (κ2) is 28.8. The number of rotatable bonds is 14. The van der Waals surface area contributed by atoms with Crippen LogP contribution < -0.4 is 34.0 Å². The van der Waals surface area contributed by atoms with Crippen LogP contribution in [0.3, 0.4) is 0 Å². The van der Waals surface area contributed by atoms with Crippen LogP contribution in [0.1, 0.15) is 90.9 Å². The second-order valence-electron chi connectivity index (χ2n) is 5.15. The van der Waals surface area contributed by atoms with Crippen molar-refractivity contribution in [1.29, 1.82) is 0 Å². The fourth-order valence-corrected chi connectivity index (χ4v) is 2.07.